The first-order chi connectivity index (χ1) is 16.9. The summed E-state index contributed by atoms with van der Waals surface area (Å²) < 4.78 is 22.0. The Morgan fingerprint density at radius 1 is 1.20 bits per heavy atom. The SMILES string of the molecule is C=CCOc1ccc(C2/C(=C(\O)c3ccc4c(c3)CC(C)O4)C(=O)C(=O)N2CCOC)cc1OC. The molecule has 2 unspecified atom stereocenters. The molecular formula is C27H29NO7. The van der Waals surface area contributed by atoms with E-state index in [-0.39, 0.29) is 30.6 Å². The lowest BCUT2D eigenvalue weighted by molar-refractivity contribution is -0.140. The molecule has 35 heavy (non-hydrogen) atoms. The molecular weight excluding hydrogens is 450 g/mol. The molecule has 1 amide bonds. The Morgan fingerprint density at radius 2 is 2.00 bits per heavy atom. The quantitative estimate of drug-likeness (QED) is 0.254. The Kier molecular flexibility index (Phi) is 7.12. The molecule has 1 fully saturated rings. The summed E-state index contributed by atoms with van der Waals surface area (Å²) in [5.41, 5.74) is 2.01. The maximum atomic E-state index is 13.2. The van der Waals surface area contributed by atoms with Gasteiger partial charge in [-0.25, -0.2) is 0 Å². The van der Waals surface area contributed by atoms with E-state index >= 15 is 0 Å². The number of likely N-dealkylation sites (tertiary alicyclic amines) is 1. The number of rotatable bonds is 9. The summed E-state index contributed by atoms with van der Waals surface area (Å²) >= 11 is 0. The fraction of sp³-hybridized carbons (Fsp3) is 0.333. The number of benzene rings is 2. The summed E-state index contributed by atoms with van der Waals surface area (Å²) in [7, 11) is 3.03. The van der Waals surface area contributed by atoms with Crippen LogP contribution in [0.4, 0.5) is 0 Å². The predicted octanol–water partition coefficient (Wildman–Crippen LogP) is 3.65. The number of ketones is 1. The van der Waals surface area contributed by atoms with Crippen LogP contribution in [0.2, 0.25) is 0 Å². The van der Waals surface area contributed by atoms with Crippen molar-refractivity contribution in [2.24, 2.45) is 0 Å². The Balaban J connectivity index is 1.82. The number of nitrogens with zero attached hydrogens (tertiary/aromatic N) is 1. The van der Waals surface area contributed by atoms with Gasteiger partial charge in [-0.3, -0.25) is 9.59 Å². The molecule has 2 aliphatic rings. The first-order valence-electron chi connectivity index (χ1n) is 11.4. The molecule has 2 aliphatic heterocycles. The van der Waals surface area contributed by atoms with Crippen LogP contribution in [0.15, 0.2) is 54.6 Å². The van der Waals surface area contributed by atoms with Gasteiger partial charge >= 0.3 is 0 Å². The molecule has 1 saturated heterocycles. The topological polar surface area (TPSA) is 94.5 Å². The van der Waals surface area contributed by atoms with Gasteiger partial charge in [-0.1, -0.05) is 18.7 Å². The number of carbonyl (C=O) groups is 2. The van der Waals surface area contributed by atoms with Crippen molar-refractivity contribution in [3.8, 4) is 17.2 Å². The highest BCUT2D eigenvalue weighted by Crippen LogP contribution is 2.42. The van der Waals surface area contributed by atoms with Crippen LogP contribution in [0.1, 0.15) is 29.7 Å². The van der Waals surface area contributed by atoms with Gasteiger partial charge in [-0.05, 0) is 48.4 Å². The standard InChI is InChI=1S/C27H29NO7/c1-5-11-34-21-9-6-17(15-22(21)33-4)24-23(26(30)27(31)28(24)10-12-32-3)25(29)18-7-8-20-19(14-18)13-16(2)35-20/h5-9,14-16,24,29H,1,10-13H2,2-4H3/b25-23+. The van der Waals surface area contributed by atoms with Gasteiger partial charge in [0.15, 0.2) is 11.5 Å². The van der Waals surface area contributed by atoms with Crippen LogP contribution in [-0.4, -0.2) is 61.8 Å². The van der Waals surface area contributed by atoms with Crippen LogP contribution >= 0.6 is 0 Å². The number of methoxy groups -OCH3 is 2. The zero-order valence-electron chi connectivity index (χ0n) is 20.1. The molecule has 0 radical (unpaired) electrons. The van der Waals surface area contributed by atoms with Gasteiger partial charge < -0.3 is 29.0 Å². The molecule has 0 spiro atoms. The smallest absolute Gasteiger partial charge is 0.295 e. The molecule has 0 bridgehead atoms. The van der Waals surface area contributed by atoms with Gasteiger partial charge in [0.25, 0.3) is 11.7 Å². The number of carbonyl (C=O) groups excluding carboxylic acids is 2. The Morgan fingerprint density at radius 3 is 2.71 bits per heavy atom. The molecule has 0 aliphatic carbocycles. The van der Waals surface area contributed by atoms with Gasteiger partial charge in [-0.15, -0.1) is 0 Å². The fourth-order valence-corrected chi connectivity index (χ4v) is 4.49. The number of ether oxygens (including phenoxy) is 4. The lowest BCUT2D eigenvalue weighted by Crippen LogP contribution is -2.32. The average molecular weight is 480 g/mol. The zero-order chi connectivity index (χ0) is 25.1. The number of aliphatic hydroxyl groups excluding tert-OH is 1. The van der Waals surface area contributed by atoms with Gasteiger partial charge in [0, 0.05) is 25.6 Å². The van der Waals surface area contributed by atoms with Crippen molar-refractivity contribution in [1.82, 2.24) is 4.90 Å². The third-order valence-corrected chi connectivity index (χ3v) is 6.11. The molecule has 2 atom stereocenters. The molecule has 4 rings (SSSR count). The van der Waals surface area contributed by atoms with E-state index in [0.717, 1.165) is 11.3 Å². The van der Waals surface area contributed by atoms with Crippen molar-refractivity contribution < 1.29 is 33.6 Å². The molecule has 2 aromatic carbocycles. The second-order valence-corrected chi connectivity index (χ2v) is 8.45. The molecule has 184 valence electrons. The van der Waals surface area contributed by atoms with E-state index in [1.807, 2.05) is 6.92 Å². The number of hydrogen-bond acceptors (Lipinski definition) is 7. The first-order valence-corrected chi connectivity index (χ1v) is 11.4. The number of amides is 1. The van der Waals surface area contributed by atoms with Crippen LogP contribution in [0.25, 0.3) is 5.76 Å². The lowest BCUT2D eigenvalue weighted by atomic mass is 9.94. The minimum atomic E-state index is -0.823. The van der Waals surface area contributed by atoms with Gasteiger partial charge in [-0.2, -0.15) is 0 Å². The summed E-state index contributed by atoms with van der Waals surface area (Å²) in [6.45, 7) is 6.32. The van der Waals surface area contributed by atoms with Crippen LogP contribution < -0.4 is 14.2 Å². The minimum Gasteiger partial charge on any atom is -0.507 e. The molecule has 2 heterocycles. The third-order valence-electron chi connectivity index (χ3n) is 6.11. The van der Waals surface area contributed by atoms with Gasteiger partial charge in [0.1, 0.15) is 24.2 Å². The van der Waals surface area contributed by atoms with E-state index in [2.05, 4.69) is 6.58 Å². The number of Topliss-reactive ketones (excluding diaryl/α,β-unsaturated/α-hetero) is 1. The lowest BCUT2D eigenvalue weighted by Gasteiger charge is -2.25. The third kappa shape index (κ3) is 4.61. The van der Waals surface area contributed by atoms with Gasteiger partial charge in [0.05, 0.1) is 25.3 Å². The number of hydrogen-bond donors (Lipinski definition) is 1. The zero-order valence-corrected chi connectivity index (χ0v) is 20.1. The van der Waals surface area contributed by atoms with E-state index in [1.54, 1.807) is 42.5 Å². The number of fused-ring (bicyclic) bond motifs is 1. The Bertz CT molecular complexity index is 1190. The van der Waals surface area contributed by atoms with Crippen LogP contribution in [0.5, 0.6) is 17.2 Å². The largest absolute Gasteiger partial charge is 0.507 e. The van der Waals surface area contributed by atoms with Crippen molar-refractivity contribution in [1.29, 1.82) is 0 Å². The molecule has 8 nitrogen and oxygen atoms in total. The maximum absolute atomic E-state index is 13.2. The fourth-order valence-electron chi connectivity index (χ4n) is 4.49. The second kappa shape index (κ2) is 10.2. The van der Waals surface area contributed by atoms with Gasteiger partial charge in [0.2, 0.25) is 0 Å². The maximum Gasteiger partial charge on any atom is 0.295 e. The van der Waals surface area contributed by atoms with E-state index < -0.39 is 17.7 Å². The van der Waals surface area contributed by atoms with Crippen molar-refractivity contribution >= 4 is 17.4 Å². The Hall–Kier alpha value is -3.78. The predicted molar refractivity (Wildman–Crippen MR) is 130 cm³/mol. The summed E-state index contributed by atoms with van der Waals surface area (Å²) in [5, 5.41) is 11.3. The van der Waals surface area contributed by atoms with Crippen molar-refractivity contribution in [3.05, 3.63) is 71.3 Å². The Labute approximate surface area is 204 Å². The summed E-state index contributed by atoms with van der Waals surface area (Å²) in [6, 6.07) is 9.62. The van der Waals surface area contributed by atoms with Crippen LogP contribution in [0, 0.1) is 0 Å². The summed E-state index contributed by atoms with van der Waals surface area (Å²) in [4.78, 5) is 27.6. The second-order valence-electron chi connectivity index (χ2n) is 8.45. The molecule has 1 N–H and O–H groups in total. The minimum absolute atomic E-state index is 0.0137. The highest BCUT2D eigenvalue weighted by atomic mass is 16.5. The highest BCUT2D eigenvalue weighted by Gasteiger charge is 2.46. The monoisotopic (exact) mass is 479 g/mol. The first kappa shape index (κ1) is 24.3. The van der Waals surface area contributed by atoms with E-state index in [1.165, 1.54) is 19.1 Å². The van der Waals surface area contributed by atoms with Crippen LogP contribution in [0.3, 0.4) is 0 Å². The average Bonchev–Trinajstić information content (AvgIpc) is 3.36. The molecule has 0 saturated carbocycles. The van der Waals surface area contributed by atoms with E-state index in [0.29, 0.717) is 35.7 Å². The normalized spacial score (nSPS) is 20.5. The highest BCUT2D eigenvalue weighted by molar-refractivity contribution is 6.46. The number of aliphatic hydroxyl groups is 1. The summed E-state index contributed by atoms with van der Waals surface area (Å²) in [6.07, 6.45) is 2.36. The van der Waals surface area contributed by atoms with Crippen molar-refractivity contribution in [3.63, 3.8) is 0 Å². The molecule has 8 heteroatoms. The molecule has 0 aromatic heterocycles. The van der Waals surface area contributed by atoms with E-state index in [9.17, 15) is 14.7 Å². The van der Waals surface area contributed by atoms with Crippen LogP contribution in [-0.2, 0) is 20.7 Å². The van der Waals surface area contributed by atoms with E-state index in [4.69, 9.17) is 18.9 Å². The molecule has 2 aromatic rings. The van der Waals surface area contributed by atoms with Crippen molar-refractivity contribution in [2.45, 2.75) is 25.5 Å². The van der Waals surface area contributed by atoms with Crippen molar-refractivity contribution in [2.75, 3.05) is 34.0 Å². The summed E-state index contributed by atoms with van der Waals surface area (Å²) in [5.74, 6) is 0.00739.